The van der Waals surface area contributed by atoms with Crippen LogP contribution in [0.15, 0.2) is 18.3 Å². The number of rotatable bonds is 2. The number of anilines is 1. The lowest BCUT2D eigenvalue weighted by Gasteiger charge is -2.39. The van der Waals surface area contributed by atoms with Gasteiger partial charge in [-0.2, -0.15) is 0 Å². The molecule has 2 N–H and O–H groups in total. The Morgan fingerprint density at radius 2 is 2.38 bits per heavy atom. The molecule has 0 spiro atoms. The van der Waals surface area contributed by atoms with E-state index in [0.717, 1.165) is 29.6 Å². The summed E-state index contributed by atoms with van der Waals surface area (Å²) in [6.07, 6.45) is 3.61. The molecule has 1 amide bonds. The highest BCUT2D eigenvalue weighted by molar-refractivity contribution is 7.21. The molecule has 0 radical (unpaired) electrons. The molecule has 0 aliphatic carbocycles. The number of nitrogens with two attached hydrogens (primary N) is 1. The molecule has 1 saturated heterocycles. The number of amides is 1. The Kier molecular flexibility index (Phi) is 3.59. The quantitative estimate of drug-likeness (QED) is 0.925. The Bertz CT molecular complexity index is 685. The number of thiophene rings is 1. The summed E-state index contributed by atoms with van der Waals surface area (Å²) in [6.45, 7) is 3.39. The van der Waals surface area contributed by atoms with Crippen LogP contribution in [-0.2, 0) is 4.74 Å². The van der Waals surface area contributed by atoms with Crippen LogP contribution in [0, 0.1) is 0 Å². The van der Waals surface area contributed by atoms with Gasteiger partial charge in [-0.25, -0.2) is 0 Å². The predicted octanol–water partition coefficient (Wildman–Crippen LogP) is 2.52. The Balaban J connectivity index is 1.92. The van der Waals surface area contributed by atoms with Crippen molar-refractivity contribution in [3.63, 3.8) is 0 Å². The zero-order chi connectivity index (χ0) is 15.0. The minimum absolute atomic E-state index is 0.0153. The van der Waals surface area contributed by atoms with Gasteiger partial charge in [0.15, 0.2) is 0 Å². The van der Waals surface area contributed by atoms with E-state index in [9.17, 15) is 4.79 Å². The molecule has 2 aromatic rings. The van der Waals surface area contributed by atoms with Crippen molar-refractivity contribution in [2.75, 3.05) is 25.9 Å². The summed E-state index contributed by atoms with van der Waals surface area (Å²) in [5, 5.41) is 0. The number of ether oxygens (including phenoxy) is 1. The fraction of sp³-hybridized carbons (Fsp3) is 0.467. The first-order valence-electron chi connectivity index (χ1n) is 7.01. The molecule has 5 nitrogen and oxygen atoms in total. The Labute approximate surface area is 127 Å². The highest BCUT2D eigenvalue weighted by Crippen LogP contribution is 2.34. The van der Waals surface area contributed by atoms with Crippen molar-refractivity contribution in [2.24, 2.45) is 0 Å². The summed E-state index contributed by atoms with van der Waals surface area (Å²) in [4.78, 5) is 19.5. The summed E-state index contributed by atoms with van der Waals surface area (Å²) >= 11 is 1.41. The van der Waals surface area contributed by atoms with Gasteiger partial charge < -0.3 is 15.4 Å². The van der Waals surface area contributed by atoms with Crippen LogP contribution in [0.3, 0.4) is 0 Å². The van der Waals surface area contributed by atoms with E-state index in [1.54, 1.807) is 13.3 Å². The molecule has 0 bridgehead atoms. The van der Waals surface area contributed by atoms with Crippen LogP contribution in [0.4, 0.5) is 5.69 Å². The Morgan fingerprint density at radius 1 is 1.57 bits per heavy atom. The Hall–Kier alpha value is -1.66. The number of nitrogens with zero attached hydrogens (tertiary/aromatic N) is 2. The predicted molar refractivity (Wildman–Crippen MR) is 84.6 cm³/mol. The van der Waals surface area contributed by atoms with Crippen molar-refractivity contribution in [3.8, 4) is 0 Å². The molecule has 112 valence electrons. The first-order chi connectivity index (χ1) is 10.0. The van der Waals surface area contributed by atoms with Crippen molar-refractivity contribution in [3.05, 3.63) is 23.2 Å². The number of likely N-dealkylation sites (tertiary alicyclic amines) is 1. The summed E-state index contributed by atoms with van der Waals surface area (Å²) in [7, 11) is 1.70. The number of fused-ring (bicyclic) bond motifs is 1. The molecule has 0 saturated carbocycles. The number of piperidine rings is 1. The zero-order valence-electron chi connectivity index (χ0n) is 12.3. The number of aromatic nitrogens is 1. The van der Waals surface area contributed by atoms with Crippen molar-refractivity contribution in [2.45, 2.75) is 25.4 Å². The van der Waals surface area contributed by atoms with E-state index in [1.807, 2.05) is 24.0 Å². The lowest BCUT2D eigenvalue weighted by molar-refractivity contribution is -0.0438. The molecule has 3 heterocycles. The minimum Gasteiger partial charge on any atom is -0.396 e. The van der Waals surface area contributed by atoms with Gasteiger partial charge in [-0.05, 0) is 31.9 Å². The highest BCUT2D eigenvalue weighted by Gasteiger charge is 2.34. The second-order valence-electron chi connectivity index (χ2n) is 5.68. The van der Waals surface area contributed by atoms with E-state index in [-0.39, 0.29) is 11.5 Å². The van der Waals surface area contributed by atoms with Crippen LogP contribution >= 0.6 is 11.3 Å². The lowest BCUT2D eigenvalue weighted by Crippen LogP contribution is -2.49. The Morgan fingerprint density at radius 3 is 3.10 bits per heavy atom. The molecule has 2 aromatic heterocycles. The largest absolute Gasteiger partial charge is 0.396 e. The van der Waals surface area contributed by atoms with Gasteiger partial charge in [0.05, 0.1) is 16.0 Å². The number of carbonyl (C=O) groups is 1. The van der Waals surface area contributed by atoms with E-state index < -0.39 is 0 Å². The molecule has 1 fully saturated rings. The van der Waals surface area contributed by atoms with E-state index in [2.05, 4.69) is 4.98 Å². The third kappa shape index (κ3) is 2.49. The van der Waals surface area contributed by atoms with Gasteiger partial charge >= 0.3 is 0 Å². The van der Waals surface area contributed by atoms with Crippen LogP contribution in [0.5, 0.6) is 0 Å². The maximum atomic E-state index is 12.8. The second-order valence-corrected chi connectivity index (χ2v) is 6.73. The first-order valence-corrected chi connectivity index (χ1v) is 7.83. The summed E-state index contributed by atoms with van der Waals surface area (Å²) in [5.74, 6) is -0.0153. The van der Waals surface area contributed by atoms with Crippen LogP contribution in [0.1, 0.15) is 29.4 Å². The van der Waals surface area contributed by atoms with Crippen LogP contribution < -0.4 is 5.73 Å². The molecular formula is C15H19N3O2S. The van der Waals surface area contributed by atoms with E-state index >= 15 is 0 Å². The number of methoxy groups -OCH3 is 1. The number of hydrogen-bond donors (Lipinski definition) is 1. The van der Waals surface area contributed by atoms with E-state index in [0.29, 0.717) is 17.1 Å². The van der Waals surface area contributed by atoms with Crippen LogP contribution in [-0.4, -0.2) is 41.6 Å². The molecule has 3 rings (SSSR count). The van der Waals surface area contributed by atoms with Crippen molar-refractivity contribution in [1.29, 1.82) is 0 Å². The number of pyridine rings is 1. The molecule has 1 aliphatic heterocycles. The molecule has 6 heteroatoms. The average molecular weight is 305 g/mol. The molecular weight excluding hydrogens is 286 g/mol. The van der Waals surface area contributed by atoms with Gasteiger partial charge in [-0.3, -0.25) is 9.78 Å². The van der Waals surface area contributed by atoms with Gasteiger partial charge in [0, 0.05) is 26.4 Å². The third-order valence-electron chi connectivity index (χ3n) is 4.12. The minimum atomic E-state index is -0.266. The van der Waals surface area contributed by atoms with E-state index in [4.69, 9.17) is 10.5 Å². The maximum Gasteiger partial charge on any atom is 0.266 e. The van der Waals surface area contributed by atoms with Gasteiger partial charge in [-0.1, -0.05) is 0 Å². The fourth-order valence-electron chi connectivity index (χ4n) is 2.80. The van der Waals surface area contributed by atoms with E-state index in [1.165, 1.54) is 11.3 Å². The maximum absolute atomic E-state index is 12.8. The number of carbonyl (C=O) groups excluding carboxylic acids is 1. The fourth-order valence-corrected chi connectivity index (χ4v) is 3.84. The van der Waals surface area contributed by atoms with Crippen LogP contribution in [0.25, 0.3) is 10.2 Å². The molecule has 1 unspecified atom stereocenters. The SMILES string of the molecule is COC1(C)CCCN(C(=O)c2sc3cccnc3c2N)C1. The summed E-state index contributed by atoms with van der Waals surface area (Å²) in [5.41, 5.74) is 7.06. The van der Waals surface area contributed by atoms with Crippen molar-refractivity contribution < 1.29 is 9.53 Å². The average Bonchev–Trinajstić information content (AvgIpc) is 2.84. The molecule has 1 aliphatic rings. The topological polar surface area (TPSA) is 68.5 Å². The van der Waals surface area contributed by atoms with Crippen LogP contribution in [0.2, 0.25) is 0 Å². The summed E-state index contributed by atoms with van der Waals surface area (Å²) in [6, 6.07) is 3.80. The number of hydrogen-bond acceptors (Lipinski definition) is 5. The van der Waals surface area contributed by atoms with Gasteiger partial charge in [0.25, 0.3) is 5.91 Å². The number of nitrogen functional groups attached to an aromatic ring is 1. The lowest BCUT2D eigenvalue weighted by atomic mass is 9.94. The molecule has 21 heavy (non-hydrogen) atoms. The first kappa shape index (κ1) is 14.3. The smallest absolute Gasteiger partial charge is 0.266 e. The molecule has 0 aromatic carbocycles. The van der Waals surface area contributed by atoms with Gasteiger partial charge in [-0.15, -0.1) is 11.3 Å². The normalized spacial score (nSPS) is 22.7. The van der Waals surface area contributed by atoms with Gasteiger partial charge in [0.2, 0.25) is 0 Å². The third-order valence-corrected chi connectivity index (χ3v) is 5.26. The molecule has 1 atom stereocenters. The monoisotopic (exact) mass is 305 g/mol. The zero-order valence-corrected chi connectivity index (χ0v) is 13.1. The standard InChI is InChI=1S/C15H19N3O2S/c1-15(20-2)6-4-8-18(9-15)14(19)13-11(16)12-10(21-13)5-3-7-17-12/h3,5,7H,4,6,8-9,16H2,1-2H3. The van der Waals surface area contributed by atoms with Crippen molar-refractivity contribution >= 4 is 33.1 Å². The second kappa shape index (κ2) is 5.27. The van der Waals surface area contributed by atoms with Crippen molar-refractivity contribution in [1.82, 2.24) is 9.88 Å². The van der Waals surface area contributed by atoms with Gasteiger partial charge in [0.1, 0.15) is 10.4 Å². The highest BCUT2D eigenvalue weighted by atomic mass is 32.1. The summed E-state index contributed by atoms with van der Waals surface area (Å²) < 4.78 is 6.50.